The SMILES string of the molecule is CCC/C(CC)=C1\CC(c2ccc(C(C)(C)C)cc2)=CC=C1c1ccc(C(C)(C)C)cc1. The molecule has 0 heteroatoms. The highest BCUT2D eigenvalue weighted by Gasteiger charge is 2.20. The Morgan fingerprint density at radius 1 is 0.688 bits per heavy atom. The molecule has 0 nitrogen and oxygen atoms in total. The van der Waals surface area contributed by atoms with E-state index in [0.29, 0.717) is 0 Å². The summed E-state index contributed by atoms with van der Waals surface area (Å²) in [6, 6.07) is 18.5. The van der Waals surface area contributed by atoms with Crippen LogP contribution >= 0.6 is 0 Å². The Morgan fingerprint density at radius 3 is 1.62 bits per heavy atom. The van der Waals surface area contributed by atoms with Crippen LogP contribution in [-0.2, 0) is 10.8 Å². The van der Waals surface area contributed by atoms with Crippen molar-refractivity contribution in [1.82, 2.24) is 0 Å². The zero-order chi connectivity index (χ0) is 23.5. The zero-order valence-electron chi connectivity index (χ0n) is 21.6. The van der Waals surface area contributed by atoms with E-state index < -0.39 is 0 Å². The largest absolute Gasteiger partial charge is 0.0663 e. The molecule has 0 atom stereocenters. The van der Waals surface area contributed by atoms with Gasteiger partial charge in [0.15, 0.2) is 0 Å². The molecule has 1 aliphatic rings. The second-order valence-electron chi connectivity index (χ2n) is 11.3. The number of hydrogen-bond acceptors (Lipinski definition) is 0. The fraction of sp³-hybridized carbons (Fsp3) is 0.438. The molecule has 0 spiro atoms. The van der Waals surface area contributed by atoms with Gasteiger partial charge in [0.05, 0.1) is 0 Å². The summed E-state index contributed by atoms with van der Waals surface area (Å²) in [5.41, 5.74) is 11.8. The predicted octanol–water partition coefficient (Wildman–Crippen LogP) is 9.66. The second kappa shape index (κ2) is 9.65. The Labute approximate surface area is 197 Å². The van der Waals surface area contributed by atoms with Crippen LogP contribution in [0.15, 0.2) is 71.8 Å². The Bertz CT molecular complexity index is 1010. The molecule has 1 aliphatic carbocycles. The first-order valence-electron chi connectivity index (χ1n) is 12.4. The molecule has 0 fully saturated rings. The number of rotatable bonds is 5. The van der Waals surface area contributed by atoms with Gasteiger partial charge in [0.25, 0.3) is 0 Å². The lowest BCUT2D eigenvalue weighted by Gasteiger charge is -2.25. The minimum absolute atomic E-state index is 0.182. The quantitative estimate of drug-likeness (QED) is 0.446. The van der Waals surface area contributed by atoms with Gasteiger partial charge in [0, 0.05) is 0 Å². The molecule has 2 aromatic carbocycles. The maximum atomic E-state index is 2.36. The Balaban J connectivity index is 2.04. The average Bonchev–Trinajstić information content (AvgIpc) is 2.76. The summed E-state index contributed by atoms with van der Waals surface area (Å²) in [5.74, 6) is 0. The van der Waals surface area contributed by atoms with Crippen molar-refractivity contribution in [3.05, 3.63) is 94.1 Å². The number of hydrogen-bond donors (Lipinski definition) is 0. The molecule has 0 N–H and O–H groups in total. The molecule has 0 saturated carbocycles. The van der Waals surface area contributed by atoms with E-state index in [0.717, 1.165) is 12.8 Å². The van der Waals surface area contributed by atoms with Crippen molar-refractivity contribution in [2.24, 2.45) is 0 Å². The van der Waals surface area contributed by atoms with Crippen molar-refractivity contribution in [3.8, 4) is 0 Å². The van der Waals surface area contributed by atoms with Crippen molar-refractivity contribution in [2.45, 2.75) is 91.9 Å². The minimum atomic E-state index is 0.182. The lowest BCUT2D eigenvalue weighted by Crippen LogP contribution is -2.11. The van der Waals surface area contributed by atoms with Gasteiger partial charge in [-0.05, 0) is 69.1 Å². The van der Waals surface area contributed by atoms with Gasteiger partial charge in [-0.3, -0.25) is 0 Å². The molecule has 0 amide bonds. The van der Waals surface area contributed by atoms with Crippen molar-refractivity contribution < 1.29 is 0 Å². The molecular formula is C32H42. The van der Waals surface area contributed by atoms with Crippen LogP contribution in [0.4, 0.5) is 0 Å². The Kier molecular flexibility index (Phi) is 7.33. The highest BCUT2D eigenvalue weighted by molar-refractivity contribution is 5.89. The van der Waals surface area contributed by atoms with E-state index in [-0.39, 0.29) is 10.8 Å². The molecule has 0 saturated heterocycles. The average molecular weight is 427 g/mol. The van der Waals surface area contributed by atoms with Gasteiger partial charge >= 0.3 is 0 Å². The van der Waals surface area contributed by atoms with Crippen LogP contribution in [0.1, 0.15) is 103 Å². The summed E-state index contributed by atoms with van der Waals surface area (Å²) in [7, 11) is 0. The van der Waals surface area contributed by atoms with Gasteiger partial charge in [-0.1, -0.05) is 128 Å². The van der Waals surface area contributed by atoms with E-state index in [1.165, 1.54) is 51.8 Å². The van der Waals surface area contributed by atoms with Gasteiger partial charge in [-0.15, -0.1) is 0 Å². The van der Waals surface area contributed by atoms with E-state index in [4.69, 9.17) is 0 Å². The van der Waals surface area contributed by atoms with Crippen molar-refractivity contribution in [3.63, 3.8) is 0 Å². The molecule has 2 aromatic rings. The molecule has 0 heterocycles. The summed E-state index contributed by atoms with van der Waals surface area (Å²) in [6.07, 6.45) is 9.23. The molecule has 0 unspecified atom stereocenters. The third kappa shape index (κ3) is 5.52. The molecule has 0 bridgehead atoms. The number of benzene rings is 2. The fourth-order valence-electron chi connectivity index (χ4n) is 4.59. The summed E-state index contributed by atoms with van der Waals surface area (Å²) in [6.45, 7) is 18.3. The van der Waals surface area contributed by atoms with Gasteiger partial charge < -0.3 is 0 Å². The minimum Gasteiger partial charge on any atom is -0.0663 e. The van der Waals surface area contributed by atoms with Crippen LogP contribution in [-0.4, -0.2) is 0 Å². The monoisotopic (exact) mass is 426 g/mol. The number of allylic oxidation sites excluding steroid dienone is 6. The highest BCUT2D eigenvalue weighted by atomic mass is 14.2. The van der Waals surface area contributed by atoms with Crippen LogP contribution in [0, 0.1) is 0 Å². The van der Waals surface area contributed by atoms with Gasteiger partial charge in [0.1, 0.15) is 0 Å². The molecular weight excluding hydrogens is 384 g/mol. The van der Waals surface area contributed by atoms with E-state index in [9.17, 15) is 0 Å². The van der Waals surface area contributed by atoms with E-state index in [1.807, 2.05) is 0 Å². The van der Waals surface area contributed by atoms with E-state index in [2.05, 4.69) is 116 Å². The van der Waals surface area contributed by atoms with Gasteiger partial charge in [-0.2, -0.15) is 0 Å². The smallest absolute Gasteiger partial charge is 0.00141 e. The van der Waals surface area contributed by atoms with Crippen molar-refractivity contribution in [2.75, 3.05) is 0 Å². The fourth-order valence-corrected chi connectivity index (χ4v) is 4.59. The second-order valence-corrected chi connectivity index (χ2v) is 11.3. The lowest BCUT2D eigenvalue weighted by atomic mass is 9.80. The maximum Gasteiger partial charge on any atom is -0.00141 e. The molecule has 170 valence electrons. The third-order valence-electron chi connectivity index (χ3n) is 6.73. The summed E-state index contributed by atoms with van der Waals surface area (Å²) in [4.78, 5) is 0. The van der Waals surface area contributed by atoms with Crippen LogP contribution < -0.4 is 0 Å². The van der Waals surface area contributed by atoms with Gasteiger partial charge in [0.2, 0.25) is 0 Å². The van der Waals surface area contributed by atoms with E-state index in [1.54, 1.807) is 5.57 Å². The first-order chi connectivity index (χ1) is 15.0. The van der Waals surface area contributed by atoms with Crippen molar-refractivity contribution in [1.29, 1.82) is 0 Å². The van der Waals surface area contributed by atoms with Gasteiger partial charge in [-0.25, -0.2) is 0 Å². The maximum absolute atomic E-state index is 2.36. The molecule has 0 radical (unpaired) electrons. The molecule has 32 heavy (non-hydrogen) atoms. The molecule has 3 rings (SSSR count). The van der Waals surface area contributed by atoms with Crippen LogP contribution in [0.25, 0.3) is 11.1 Å². The Hall–Kier alpha value is -2.34. The lowest BCUT2D eigenvalue weighted by molar-refractivity contribution is 0.590. The summed E-state index contributed by atoms with van der Waals surface area (Å²) >= 11 is 0. The van der Waals surface area contributed by atoms with Crippen molar-refractivity contribution >= 4 is 11.1 Å². The highest BCUT2D eigenvalue weighted by Crippen LogP contribution is 2.40. The summed E-state index contributed by atoms with van der Waals surface area (Å²) in [5, 5.41) is 0. The Morgan fingerprint density at radius 2 is 1.19 bits per heavy atom. The first kappa shape index (κ1) is 24.3. The molecule has 0 aromatic heterocycles. The van der Waals surface area contributed by atoms with Crippen LogP contribution in [0.2, 0.25) is 0 Å². The van der Waals surface area contributed by atoms with E-state index >= 15 is 0 Å². The zero-order valence-corrected chi connectivity index (χ0v) is 21.6. The standard InChI is InChI=1S/C32H42/c1-9-11-23(10-2)30-22-26(24-12-17-27(18-13-24)31(3,4)5)16-21-29(30)25-14-19-28(20-15-25)32(6,7)8/h12-21H,9-11,22H2,1-8H3/b30-23+. The topological polar surface area (TPSA) is 0 Å². The molecule has 0 aliphatic heterocycles. The first-order valence-corrected chi connectivity index (χ1v) is 12.4. The van der Waals surface area contributed by atoms with Crippen LogP contribution in [0.5, 0.6) is 0 Å². The van der Waals surface area contributed by atoms with Crippen LogP contribution in [0.3, 0.4) is 0 Å². The predicted molar refractivity (Wildman–Crippen MR) is 143 cm³/mol. The summed E-state index contributed by atoms with van der Waals surface area (Å²) < 4.78 is 0. The third-order valence-corrected chi connectivity index (χ3v) is 6.73. The normalized spacial score (nSPS) is 16.5.